The summed E-state index contributed by atoms with van der Waals surface area (Å²) < 4.78 is 10.3. The van der Waals surface area contributed by atoms with Crippen LogP contribution in [-0.4, -0.2) is 32.1 Å². The third kappa shape index (κ3) is 1.84. The Hall–Kier alpha value is -2.57. The van der Waals surface area contributed by atoms with E-state index in [1.54, 1.807) is 12.1 Å². The fraction of sp³-hybridized carbons (Fsp3) is 0.357. The number of rotatable bonds is 3. The summed E-state index contributed by atoms with van der Waals surface area (Å²) in [5, 5.41) is 2.23. The van der Waals surface area contributed by atoms with Crippen LogP contribution in [0.1, 0.15) is 12.8 Å². The molecule has 7 heteroatoms. The lowest BCUT2D eigenvalue weighted by Gasteiger charge is -2.31. The molecule has 1 saturated carbocycles. The number of carbonyl (C=O) groups excluding carboxylic acids is 3. The van der Waals surface area contributed by atoms with Gasteiger partial charge in [-0.2, -0.15) is 0 Å². The van der Waals surface area contributed by atoms with Crippen molar-refractivity contribution >= 4 is 23.5 Å². The second kappa shape index (κ2) is 4.47. The Kier molecular flexibility index (Phi) is 2.86. The summed E-state index contributed by atoms with van der Waals surface area (Å²) >= 11 is 0. The lowest BCUT2D eigenvalue weighted by molar-refractivity contribution is -0.136. The zero-order chi connectivity index (χ0) is 15.2. The molecule has 4 amide bonds. The highest BCUT2D eigenvalue weighted by Gasteiger charge is 2.62. The van der Waals surface area contributed by atoms with Crippen LogP contribution in [0.25, 0.3) is 0 Å². The predicted octanol–water partition coefficient (Wildman–Crippen LogP) is 1.07. The third-order valence-corrected chi connectivity index (χ3v) is 3.85. The van der Waals surface area contributed by atoms with Crippen LogP contribution in [0, 0.1) is 5.41 Å². The molecule has 1 aliphatic carbocycles. The van der Waals surface area contributed by atoms with E-state index in [4.69, 9.17) is 9.47 Å². The molecule has 1 aromatic carbocycles. The average molecular weight is 290 g/mol. The number of urea groups is 1. The number of benzene rings is 1. The summed E-state index contributed by atoms with van der Waals surface area (Å²) in [5.41, 5.74) is -0.833. The first-order valence-electron chi connectivity index (χ1n) is 6.45. The van der Waals surface area contributed by atoms with Crippen LogP contribution in [0.5, 0.6) is 11.5 Å². The molecule has 110 valence electrons. The smallest absolute Gasteiger partial charge is 0.335 e. The molecule has 1 heterocycles. The maximum absolute atomic E-state index is 12.5. The molecule has 0 radical (unpaired) electrons. The van der Waals surface area contributed by atoms with Crippen molar-refractivity contribution in [3.05, 3.63) is 18.2 Å². The van der Waals surface area contributed by atoms with Gasteiger partial charge in [0.05, 0.1) is 19.9 Å². The summed E-state index contributed by atoms with van der Waals surface area (Å²) in [5.74, 6) is -0.198. The van der Waals surface area contributed by atoms with Crippen LogP contribution in [0.4, 0.5) is 10.5 Å². The fourth-order valence-corrected chi connectivity index (χ4v) is 2.43. The first-order valence-corrected chi connectivity index (χ1v) is 6.45. The lowest BCUT2D eigenvalue weighted by atomic mass is 10.0. The van der Waals surface area contributed by atoms with Crippen LogP contribution >= 0.6 is 0 Å². The zero-order valence-corrected chi connectivity index (χ0v) is 11.6. The van der Waals surface area contributed by atoms with Gasteiger partial charge >= 0.3 is 6.03 Å². The molecule has 2 aliphatic rings. The quantitative estimate of drug-likeness (QED) is 0.842. The minimum absolute atomic E-state index is 0.262. The van der Waals surface area contributed by atoms with Gasteiger partial charge in [0.2, 0.25) is 5.91 Å². The number of anilines is 1. The van der Waals surface area contributed by atoms with E-state index in [2.05, 4.69) is 5.32 Å². The number of hydrogen-bond acceptors (Lipinski definition) is 5. The Morgan fingerprint density at radius 1 is 1.14 bits per heavy atom. The summed E-state index contributed by atoms with van der Waals surface area (Å²) in [6, 6.07) is 4.02. The highest BCUT2D eigenvalue weighted by Crippen LogP contribution is 2.50. The molecular weight excluding hydrogens is 276 g/mol. The van der Waals surface area contributed by atoms with E-state index < -0.39 is 23.3 Å². The molecule has 1 aliphatic heterocycles. The van der Waals surface area contributed by atoms with Gasteiger partial charge in [-0.05, 0) is 25.0 Å². The monoisotopic (exact) mass is 290 g/mol. The number of imide groups is 2. The Labute approximate surface area is 120 Å². The first-order chi connectivity index (χ1) is 10.0. The minimum Gasteiger partial charge on any atom is -0.497 e. The van der Waals surface area contributed by atoms with Gasteiger partial charge in [0, 0.05) is 6.07 Å². The van der Waals surface area contributed by atoms with Crippen LogP contribution in [0.3, 0.4) is 0 Å². The van der Waals surface area contributed by atoms with Gasteiger partial charge in [0.15, 0.2) is 0 Å². The largest absolute Gasteiger partial charge is 0.497 e. The van der Waals surface area contributed by atoms with Crippen LogP contribution in [0.2, 0.25) is 0 Å². The standard InChI is InChI=1S/C14H14N2O5/c1-20-8-3-4-10(21-2)9(7-8)16-12(18)14(5-6-14)11(17)15-13(16)19/h3-4,7H,5-6H2,1-2H3,(H,15,17,19). The Morgan fingerprint density at radius 3 is 2.43 bits per heavy atom. The van der Waals surface area contributed by atoms with Gasteiger partial charge in [0.1, 0.15) is 16.9 Å². The molecule has 1 spiro atoms. The Morgan fingerprint density at radius 2 is 1.86 bits per heavy atom. The van der Waals surface area contributed by atoms with Crippen LogP contribution in [-0.2, 0) is 9.59 Å². The van der Waals surface area contributed by atoms with E-state index in [-0.39, 0.29) is 5.69 Å². The first kappa shape index (κ1) is 13.4. The van der Waals surface area contributed by atoms with Gasteiger partial charge in [-0.25, -0.2) is 9.69 Å². The number of ether oxygens (including phenoxy) is 2. The van der Waals surface area contributed by atoms with Crippen molar-refractivity contribution in [1.82, 2.24) is 5.32 Å². The molecule has 1 aromatic rings. The normalized spacial score (nSPS) is 19.5. The van der Waals surface area contributed by atoms with Gasteiger partial charge in [-0.3, -0.25) is 14.9 Å². The summed E-state index contributed by atoms with van der Waals surface area (Å²) in [4.78, 5) is 37.4. The predicted molar refractivity (Wildman–Crippen MR) is 72.2 cm³/mol. The SMILES string of the molecule is COc1ccc(OC)c(N2C(=O)NC(=O)C3(CC3)C2=O)c1. The van der Waals surface area contributed by atoms with Crippen molar-refractivity contribution in [3.8, 4) is 11.5 Å². The van der Waals surface area contributed by atoms with E-state index >= 15 is 0 Å². The second-order valence-corrected chi connectivity index (χ2v) is 5.02. The Bertz CT molecular complexity index is 651. The summed E-state index contributed by atoms with van der Waals surface area (Å²) in [7, 11) is 2.92. The van der Waals surface area contributed by atoms with Crippen molar-refractivity contribution in [2.45, 2.75) is 12.8 Å². The van der Waals surface area contributed by atoms with Gasteiger partial charge in [0.25, 0.3) is 5.91 Å². The molecule has 0 unspecified atom stereocenters. The van der Waals surface area contributed by atoms with Gasteiger partial charge in [-0.15, -0.1) is 0 Å². The molecule has 1 saturated heterocycles. The number of carbonyl (C=O) groups is 3. The maximum Gasteiger partial charge on any atom is 0.335 e. The van der Waals surface area contributed by atoms with Crippen molar-refractivity contribution in [1.29, 1.82) is 0 Å². The minimum atomic E-state index is -1.10. The number of hydrogen-bond donors (Lipinski definition) is 1. The average Bonchev–Trinajstić information content (AvgIpc) is 3.27. The maximum atomic E-state index is 12.5. The van der Waals surface area contributed by atoms with Crippen LogP contribution < -0.4 is 19.7 Å². The number of methoxy groups -OCH3 is 2. The van der Waals surface area contributed by atoms with Crippen molar-refractivity contribution in [3.63, 3.8) is 0 Å². The van der Waals surface area contributed by atoms with Crippen molar-refractivity contribution < 1.29 is 23.9 Å². The fourth-order valence-electron chi connectivity index (χ4n) is 2.43. The van der Waals surface area contributed by atoms with Crippen molar-refractivity contribution in [2.75, 3.05) is 19.1 Å². The summed E-state index contributed by atoms with van der Waals surface area (Å²) in [6.45, 7) is 0. The highest BCUT2D eigenvalue weighted by atomic mass is 16.5. The third-order valence-electron chi connectivity index (χ3n) is 3.85. The van der Waals surface area contributed by atoms with E-state index in [9.17, 15) is 14.4 Å². The van der Waals surface area contributed by atoms with Gasteiger partial charge < -0.3 is 9.47 Å². The van der Waals surface area contributed by atoms with Gasteiger partial charge in [-0.1, -0.05) is 0 Å². The second-order valence-electron chi connectivity index (χ2n) is 5.02. The molecule has 0 bridgehead atoms. The molecule has 0 atom stereocenters. The molecule has 3 rings (SSSR count). The highest BCUT2D eigenvalue weighted by molar-refractivity contribution is 6.31. The Balaban J connectivity index is 2.08. The van der Waals surface area contributed by atoms with E-state index in [1.165, 1.54) is 20.3 Å². The van der Waals surface area contributed by atoms with Crippen LogP contribution in [0.15, 0.2) is 18.2 Å². The molecular formula is C14H14N2O5. The number of nitrogens with one attached hydrogen (secondary N) is 1. The van der Waals surface area contributed by atoms with E-state index in [1.807, 2.05) is 0 Å². The van der Waals surface area contributed by atoms with E-state index in [0.717, 1.165) is 4.90 Å². The topological polar surface area (TPSA) is 84.9 Å². The molecule has 2 fully saturated rings. The lowest BCUT2D eigenvalue weighted by Crippen LogP contribution is -2.59. The van der Waals surface area contributed by atoms with E-state index in [0.29, 0.717) is 24.3 Å². The summed E-state index contributed by atoms with van der Waals surface area (Å²) in [6.07, 6.45) is 0.904. The number of barbiturate groups is 1. The zero-order valence-electron chi connectivity index (χ0n) is 11.6. The molecule has 0 aromatic heterocycles. The molecule has 7 nitrogen and oxygen atoms in total. The molecule has 1 N–H and O–H groups in total. The number of nitrogens with zero attached hydrogens (tertiary/aromatic N) is 1. The number of amides is 4. The van der Waals surface area contributed by atoms with Crippen molar-refractivity contribution in [2.24, 2.45) is 5.41 Å². The molecule has 21 heavy (non-hydrogen) atoms.